The molecule has 1 saturated carbocycles. The van der Waals surface area contributed by atoms with Gasteiger partial charge in [-0.2, -0.15) is 0 Å². The van der Waals surface area contributed by atoms with Crippen molar-refractivity contribution in [2.75, 3.05) is 13.2 Å². The molecule has 1 aromatic carbocycles. The fourth-order valence-corrected chi connectivity index (χ4v) is 2.29. The second-order valence-corrected chi connectivity index (χ2v) is 4.50. The molecule has 1 aliphatic rings. The van der Waals surface area contributed by atoms with E-state index in [9.17, 15) is 0 Å². The van der Waals surface area contributed by atoms with E-state index in [1.165, 1.54) is 24.0 Å². The summed E-state index contributed by atoms with van der Waals surface area (Å²) in [6.07, 6.45) is 2.33. The van der Waals surface area contributed by atoms with Crippen LogP contribution in [0.25, 0.3) is 0 Å². The molecule has 1 aromatic rings. The largest absolute Gasteiger partial charge is 0.494 e. The normalized spacial score (nSPS) is 17.2. The van der Waals surface area contributed by atoms with Crippen molar-refractivity contribution in [3.05, 3.63) is 29.3 Å². The molecule has 0 aliphatic heterocycles. The number of hydrogen-bond acceptors (Lipinski definition) is 3. The molecule has 0 spiro atoms. The van der Waals surface area contributed by atoms with Crippen LogP contribution in [0.1, 0.15) is 30.9 Å². The maximum Gasteiger partial charge on any atom is 0.119 e. The lowest BCUT2D eigenvalue weighted by molar-refractivity contribution is 0.116. The van der Waals surface area contributed by atoms with Crippen LogP contribution in [0.15, 0.2) is 18.2 Å². The molecule has 0 bridgehead atoms. The van der Waals surface area contributed by atoms with Gasteiger partial charge in [-0.25, -0.2) is 5.90 Å². The Kier molecular flexibility index (Phi) is 3.17. The molecule has 2 rings (SSSR count). The minimum absolute atomic E-state index is 0.170. The third-order valence-corrected chi connectivity index (χ3v) is 3.29. The summed E-state index contributed by atoms with van der Waals surface area (Å²) in [7, 11) is 0. The average Bonchev–Trinajstić information content (AvgIpc) is 3.00. The molecule has 2 N–H and O–H groups in total. The van der Waals surface area contributed by atoms with Gasteiger partial charge >= 0.3 is 0 Å². The first-order valence-electron chi connectivity index (χ1n) is 5.77. The van der Waals surface area contributed by atoms with Crippen molar-refractivity contribution in [2.24, 2.45) is 5.90 Å². The standard InChI is InChI=1S/C13H19NO2/c1-3-15-11-4-5-12(10(2)8-11)13(6-7-13)9-16-14/h4-5,8H,3,6-7,9,14H2,1-2H3. The van der Waals surface area contributed by atoms with Crippen molar-refractivity contribution >= 4 is 0 Å². The van der Waals surface area contributed by atoms with Gasteiger partial charge in [0.05, 0.1) is 13.2 Å². The lowest BCUT2D eigenvalue weighted by Gasteiger charge is -2.17. The summed E-state index contributed by atoms with van der Waals surface area (Å²) in [4.78, 5) is 4.83. The van der Waals surface area contributed by atoms with Crippen LogP contribution >= 0.6 is 0 Å². The third-order valence-electron chi connectivity index (χ3n) is 3.29. The molecule has 88 valence electrons. The van der Waals surface area contributed by atoms with Crippen LogP contribution in [-0.4, -0.2) is 13.2 Å². The Labute approximate surface area is 96.5 Å². The van der Waals surface area contributed by atoms with Crippen molar-refractivity contribution in [2.45, 2.75) is 32.1 Å². The van der Waals surface area contributed by atoms with Crippen molar-refractivity contribution < 1.29 is 9.57 Å². The highest BCUT2D eigenvalue weighted by Gasteiger charge is 2.45. The lowest BCUT2D eigenvalue weighted by Crippen LogP contribution is -2.19. The first-order valence-corrected chi connectivity index (χ1v) is 5.77. The number of nitrogens with two attached hydrogens (primary N) is 1. The molecule has 0 saturated heterocycles. The Bertz CT molecular complexity index is 372. The van der Waals surface area contributed by atoms with Gasteiger partial charge in [0.15, 0.2) is 0 Å². The summed E-state index contributed by atoms with van der Waals surface area (Å²) in [5.41, 5.74) is 2.78. The van der Waals surface area contributed by atoms with E-state index in [-0.39, 0.29) is 5.41 Å². The van der Waals surface area contributed by atoms with Crippen LogP contribution in [0, 0.1) is 6.92 Å². The van der Waals surface area contributed by atoms with Gasteiger partial charge in [-0.15, -0.1) is 0 Å². The summed E-state index contributed by atoms with van der Waals surface area (Å²) in [6, 6.07) is 6.27. The summed E-state index contributed by atoms with van der Waals surface area (Å²) in [6.45, 7) is 5.43. The van der Waals surface area contributed by atoms with Gasteiger partial charge in [-0.05, 0) is 49.9 Å². The molecule has 0 radical (unpaired) electrons. The number of aryl methyl sites for hydroxylation is 1. The Morgan fingerprint density at radius 1 is 1.38 bits per heavy atom. The minimum atomic E-state index is 0.170. The van der Waals surface area contributed by atoms with E-state index >= 15 is 0 Å². The summed E-state index contributed by atoms with van der Waals surface area (Å²) in [5.74, 6) is 6.13. The Hall–Kier alpha value is -1.06. The summed E-state index contributed by atoms with van der Waals surface area (Å²) < 4.78 is 5.48. The zero-order valence-corrected chi connectivity index (χ0v) is 9.95. The van der Waals surface area contributed by atoms with Gasteiger partial charge in [0.2, 0.25) is 0 Å². The summed E-state index contributed by atoms with van der Waals surface area (Å²) >= 11 is 0. The fraction of sp³-hybridized carbons (Fsp3) is 0.538. The molecule has 0 aromatic heterocycles. The number of hydrogen-bond donors (Lipinski definition) is 1. The quantitative estimate of drug-likeness (QED) is 0.776. The second kappa shape index (κ2) is 4.44. The maximum absolute atomic E-state index is 5.48. The minimum Gasteiger partial charge on any atom is -0.494 e. The predicted octanol–water partition coefficient (Wildman–Crippen LogP) is 2.32. The number of ether oxygens (including phenoxy) is 1. The van der Waals surface area contributed by atoms with E-state index in [4.69, 9.17) is 15.5 Å². The van der Waals surface area contributed by atoms with Gasteiger partial charge in [-0.3, -0.25) is 0 Å². The molecular weight excluding hydrogens is 202 g/mol. The average molecular weight is 221 g/mol. The monoisotopic (exact) mass is 221 g/mol. The van der Waals surface area contributed by atoms with E-state index in [0.29, 0.717) is 13.2 Å². The fourth-order valence-electron chi connectivity index (χ4n) is 2.29. The van der Waals surface area contributed by atoms with Crippen molar-refractivity contribution in [3.8, 4) is 5.75 Å². The Balaban J connectivity index is 2.22. The topological polar surface area (TPSA) is 44.5 Å². The molecule has 3 heteroatoms. The Morgan fingerprint density at radius 2 is 2.12 bits per heavy atom. The zero-order valence-electron chi connectivity index (χ0n) is 9.95. The molecule has 1 aliphatic carbocycles. The van der Waals surface area contributed by atoms with Crippen molar-refractivity contribution in [3.63, 3.8) is 0 Å². The molecule has 0 atom stereocenters. The molecule has 3 nitrogen and oxygen atoms in total. The molecule has 1 fully saturated rings. The van der Waals surface area contributed by atoms with Crippen LogP contribution in [0.3, 0.4) is 0 Å². The number of rotatable bonds is 5. The molecule has 0 heterocycles. The number of benzene rings is 1. The summed E-state index contributed by atoms with van der Waals surface area (Å²) in [5, 5.41) is 0. The van der Waals surface area contributed by atoms with Crippen molar-refractivity contribution in [1.29, 1.82) is 0 Å². The second-order valence-electron chi connectivity index (χ2n) is 4.50. The zero-order chi connectivity index (χ0) is 11.6. The SMILES string of the molecule is CCOc1ccc(C2(CON)CC2)c(C)c1. The highest BCUT2D eigenvalue weighted by molar-refractivity contribution is 5.42. The highest BCUT2D eigenvalue weighted by Crippen LogP contribution is 2.49. The van der Waals surface area contributed by atoms with Crippen LogP contribution in [0.4, 0.5) is 0 Å². The van der Waals surface area contributed by atoms with Crippen LogP contribution < -0.4 is 10.6 Å². The van der Waals surface area contributed by atoms with E-state index in [1.807, 2.05) is 13.0 Å². The van der Waals surface area contributed by atoms with Gasteiger partial charge < -0.3 is 9.57 Å². The molecule has 16 heavy (non-hydrogen) atoms. The van der Waals surface area contributed by atoms with Gasteiger partial charge in [0, 0.05) is 5.41 Å². The maximum atomic E-state index is 5.48. The smallest absolute Gasteiger partial charge is 0.119 e. The Morgan fingerprint density at radius 3 is 2.62 bits per heavy atom. The van der Waals surface area contributed by atoms with Crippen LogP contribution in [0.2, 0.25) is 0 Å². The third kappa shape index (κ3) is 2.06. The van der Waals surface area contributed by atoms with Crippen LogP contribution in [0.5, 0.6) is 5.75 Å². The van der Waals surface area contributed by atoms with Crippen LogP contribution in [-0.2, 0) is 10.3 Å². The molecular formula is C13H19NO2. The first kappa shape index (κ1) is 11.4. The van der Waals surface area contributed by atoms with Gasteiger partial charge in [0.25, 0.3) is 0 Å². The highest BCUT2D eigenvalue weighted by atomic mass is 16.6. The van der Waals surface area contributed by atoms with E-state index in [0.717, 1.165) is 5.75 Å². The predicted molar refractivity (Wildman–Crippen MR) is 63.4 cm³/mol. The molecule has 0 unspecified atom stereocenters. The van der Waals surface area contributed by atoms with Gasteiger partial charge in [-0.1, -0.05) is 6.07 Å². The first-order chi connectivity index (χ1) is 7.72. The van der Waals surface area contributed by atoms with Gasteiger partial charge in [0.1, 0.15) is 5.75 Å². The van der Waals surface area contributed by atoms with Crippen molar-refractivity contribution in [1.82, 2.24) is 0 Å². The lowest BCUT2D eigenvalue weighted by atomic mass is 9.92. The van der Waals surface area contributed by atoms with E-state index in [2.05, 4.69) is 19.1 Å². The van der Waals surface area contributed by atoms with E-state index < -0.39 is 0 Å². The van der Waals surface area contributed by atoms with E-state index in [1.54, 1.807) is 0 Å². The molecule has 0 amide bonds.